The van der Waals surface area contributed by atoms with Gasteiger partial charge in [0.15, 0.2) is 0 Å². The van der Waals surface area contributed by atoms with Crippen LogP contribution in [0.25, 0.3) is 0 Å². The molecule has 1 aromatic heterocycles. The van der Waals surface area contributed by atoms with Crippen LogP contribution in [0.5, 0.6) is 0 Å². The molecule has 5 heteroatoms. The van der Waals surface area contributed by atoms with E-state index in [2.05, 4.69) is 10.3 Å². The molecule has 3 N–H and O–H groups in total. The minimum atomic E-state index is -0.285. The zero-order chi connectivity index (χ0) is 13.8. The number of nitrogens with two attached hydrogens (primary N) is 1. The summed E-state index contributed by atoms with van der Waals surface area (Å²) in [6, 6.07) is 10.1. The van der Waals surface area contributed by atoms with Crippen molar-refractivity contribution < 1.29 is 4.79 Å². The number of amides is 1. The van der Waals surface area contributed by atoms with Gasteiger partial charge in [-0.1, -0.05) is 0 Å². The first-order chi connectivity index (χ1) is 9.10. The third-order valence-electron chi connectivity index (χ3n) is 2.57. The summed E-state index contributed by atoms with van der Waals surface area (Å²) in [6.45, 7) is 1.81. The maximum atomic E-state index is 12.0. The minimum absolute atomic E-state index is 0.285. The molecule has 0 aliphatic rings. The molecular weight excluding hydrogens is 240 g/mol. The molecule has 0 atom stereocenters. The molecule has 1 aromatic carbocycles. The number of carbonyl (C=O) groups excluding carboxylic acids is 1. The molecule has 0 radical (unpaired) electrons. The predicted octanol–water partition coefficient (Wildman–Crippen LogP) is 2.10. The Morgan fingerprint density at radius 2 is 2.16 bits per heavy atom. The first-order valence-corrected chi connectivity index (χ1v) is 5.64. The SMILES string of the molecule is Cc1cc(C(=O)Nc2ccc(N)cc2C#N)ccn1. The quantitative estimate of drug-likeness (QED) is 0.800. The van der Waals surface area contributed by atoms with E-state index < -0.39 is 0 Å². The Labute approximate surface area is 110 Å². The Balaban J connectivity index is 2.27. The fourth-order valence-corrected chi connectivity index (χ4v) is 1.64. The number of benzene rings is 1. The molecule has 1 amide bonds. The van der Waals surface area contributed by atoms with E-state index in [9.17, 15) is 4.79 Å². The van der Waals surface area contributed by atoms with Crippen LogP contribution in [0.1, 0.15) is 21.6 Å². The predicted molar refractivity (Wildman–Crippen MR) is 72.5 cm³/mol. The molecule has 0 saturated heterocycles. The maximum absolute atomic E-state index is 12.0. The molecule has 2 aromatic rings. The number of pyridine rings is 1. The molecule has 0 aliphatic heterocycles. The fraction of sp³-hybridized carbons (Fsp3) is 0.0714. The summed E-state index contributed by atoms with van der Waals surface area (Å²) in [7, 11) is 0. The third-order valence-corrected chi connectivity index (χ3v) is 2.57. The molecule has 2 rings (SSSR count). The number of nitrogen functional groups attached to an aromatic ring is 1. The van der Waals surface area contributed by atoms with Crippen molar-refractivity contribution in [1.29, 1.82) is 5.26 Å². The minimum Gasteiger partial charge on any atom is -0.399 e. The highest BCUT2D eigenvalue weighted by Crippen LogP contribution is 2.18. The topological polar surface area (TPSA) is 91.8 Å². The number of anilines is 2. The second kappa shape index (κ2) is 5.19. The van der Waals surface area contributed by atoms with Crippen molar-refractivity contribution in [3.05, 3.63) is 53.3 Å². The van der Waals surface area contributed by atoms with Gasteiger partial charge < -0.3 is 11.1 Å². The number of aromatic nitrogens is 1. The van der Waals surface area contributed by atoms with E-state index in [0.29, 0.717) is 22.5 Å². The largest absolute Gasteiger partial charge is 0.399 e. The zero-order valence-corrected chi connectivity index (χ0v) is 10.3. The highest BCUT2D eigenvalue weighted by atomic mass is 16.1. The first kappa shape index (κ1) is 12.6. The summed E-state index contributed by atoms with van der Waals surface area (Å²) in [5.74, 6) is -0.285. The van der Waals surface area contributed by atoms with E-state index in [1.54, 1.807) is 37.4 Å². The number of aryl methyl sites for hydroxylation is 1. The van der Waals surface area contributed by atoms with E-state index in [0.717, 1.165) is 5.69 Å². The van der Waals surface area contributed by atoms with Gasteiger partial charge in [-0.25, -0.2) is 0 Å². The van der Waals surface area contributed by atoms with Crippen LogP contribution in [0.4, 0.5) is 11.4 Å². The van der Waals surface area contributed by atoms with Crippen molar-refractivity contribution in [1.82, 2.24) is 4.98 Å². The van der Waals surface area contributed by atoms with Gasteiger partial charge in [-0.15, -0.1) is 0 Å². The Kier molecular flexibility index (Phi) is 3.44. The number of nitrogens with one attached hydrogen (secondary N) is 1. The fourth-order valence-electron chi connectivity index (χ4n) is 1.64. The molecule has 5 nitrogen and oxygen atoms in total. The van der Waals surface area contributed by atoms with E-state index in [1.165, 1.54) is 6.07 Å². The van der Waals surface area contributed by atoms with Gasteiger partial charge in [0.1, 0.15) is 6.07 Å². The Morgan fingerprint density at radius 1 is 1.37 bits per heavy atom. The van der Waals surface area contributed by atoms with Crippen LogP contribution < -0.4 is 11.1 Å². The molecule has 0 bridgehead atoms. The van der Waals surface area contributed by atoms with Gasteiger partial charge in [0, 0.05) is 23.1 Å². The van der Waals surface area contributed by atoms with E-state index in [4.69, 9.17) is 11.0 Å². The van der Waals surface area contributed by atoms with Crippen molar-refractivity contribution >= 4 is 17.3 Å². The van der Waals surface area contributed by atoms with Crippen LogP contribution in [0.2, 0.25) is 0 Å². The summed E-state index contributed by atoms with van der Waals surface area (Å²) in [5, 5.41) is 11.7. The Bertz CT molecular complexity index is 673. The van der Waals surface area contributed by atoms with E-state index in [1.807, 2.05) is 6.07 Å². The highest BCUT2D eigenvalue weighted by Gasteiger charge is 2.09. The van der Waals surface area contributed by atoms with Crippen molar-refractivity contribution in [2.45, 2.75) is 6.92 Å². The van der Waals surface area contributed by atoms with Gasteiger partial charge in [-0.05, 0) is 37.3 Å². The molecule has 0 aliphatic carbocycles. The number of nitriles is 1. The molecule has 0 fully saturated rings. The summed E-state index contributed by atoms with van der Waals surface area (Å²) in [5.41, 5.74) is 8.10. The number of hydrogen-bond acceptors (Lipinski definition) is 4. The monoisotopic (exact) mass is 252 g/mol. The van der Waals surface area contributed by atoms with Gasteiger partial charge >= 0.3 is 0 Å². The number of rotatable bonds is 2. The van der Waals surface area contributed by atoms with E-state index in [-0.39, 0.29) is 5.91 Å². The van der Waals surface area contributed by atoms with Crippen LogP contribution in [0, 0.1) is 18.3 Å². The lowest BCUT2D eigenvalue weighted by atomic mass is 10.1. The number of carbonyl (C=O) groups is 1. The average molecular weight is 252 g/mol. The third kappa shape index (κ3) is 2.87. The van der Waals surface area contributed by atoms with Crippen LogP contribution in [0.15, 0.2) is 36.5 Å². The second-order valence-corrected chi connectivity index (χ2v) is 4.06. The Morgan fingerprint density at radius 3 is 2.84 bits per heavy atom. The van der Waals surface area contributed by atoms with Crippen molar-refractivity contribution in [2.24, 2.45) is 0 Å². The lowest BCUT2D eigenvalue weighted by molar-refractivity contribution is 0.102. The van der Waals surface area contributed by atoms with Crippen molar-refractivity contribution in [3.8, 4) is 6.07 Å². The normalized spacial score (nSPS) is 9.68. The van der Waals surface area contributed by atoms with Gasteiger partial charge in [-0.2, -0.15) is 5.26 Å². The first-order valence-electron chi connectivity index (χ1n) is 5.64. The molecule has 19 heavy (non-hydrogen) atoms. The smallest absolute Gasteiger partial charge is 0.255 e. The summed E-state index contributed by atoms with van der Waals surface area (Å²) < 4.78 is 0. The lowest BCUT2D eigenvalue weighted by Crippen LogP contribution is -2.13. The molecule has 0 saturated carbocycles. The Hall–Kier alpha value is -2.87. The molecule has 0 spiro atoms. The van der Waals surface area contributed by atoms with E-state index >= 15 is 0 Å². The van der Waals surface area contributed by atoms with Crippen molar-refractivity contribution in [2.75, 3.05) is 11.1 Å². The maximum Gasteiger partial charge on any atom is 0.255 e. The molecular formula is C14H12N4O. The van der Waals surface area contributed by atoms with Crippen LogP contribution in [0.3, 0.4) is 0 Å². The van der Waals surface area contributed by atoms with Crippen LogP contribution >= 0.6 is 0 Å². The van der Waals surface area contributed by atoms with Crippen LogP contribution in [-0.4, -0.2) is 10.9 Å². The average Bonchev–Trinajstić information content (AvgIpc) is 2.40. The highest BCUT2D eigenvalue weighted by molar-refractivity contribution is 6.05. The lowest BCUT2D eigenvalue weighted by Gasteiger charge is -2.08. The zero-order valence-electron chi connectivity index (χ0n) is 10.3. The van der Waals surface area contributed by atoms with Crippen LogP contribution in [-0.2, 0) is 0 Å². The van der Waals surface area contributed by atoms with Gasteiger partial charge in [0.2, 0.25) is 0 Å². The standard InChI is InChI=1S/C14H12N4O/c1-9-6-10(4-5-17-9)14(19)18-13-3-2-12(16)7-11(13)8-15/h2-7H,16H2,1H3,(H,18,19). The number of hydrogen-bond donors (Lipinski definition) is 2. The number of nitrogens with zero attached hydrogens (tertiary/aromatic N) is 2. The summed E-state index contributed by atoms with van der Waals surface area (Å²) >= 11 is 0. The van der Waals surface area contributed by atoms with Gasteiger partial charge in [0.25, 0.3) is 5.91 Å². The molecule has 1 heterocycles. The van der Waals surface area contributed by atoms with Gasteiger partial charge in [0.05, 0.1) is 11.3 Å². The molecule has 0 unspecified atom stereocenters. The van der Waals surface area contributed by atoms with Crippen molar-refractivity contribution in [3.63, 3.8) is 0 Å². The van der Waals surface area contributed by atoms with Gasteiger partial charge in [-0.3, -0.25) is 9.78 Å². The summed E-state index contributed by atoms with van der Waals surface area (Å²) in [6.07, 6.45) is 1.57. The summed E-state index contributed by atoms with van der Waals surface area (Å²) in [4.78, 5) is 16.1. The molecule has 94 valence electrons. The second-order valence-electron chi connectivity index (χ2n) is 4.06.